The van der Waals surface area contributed by atoms with Crippen LogP contribution in [0.2, 0.25) is 0 Å². The van der Waals surface area contributed by atoms with Crippen molar-refractivity contribution in [2.45, 2.75) is 65.3 Å². The Morgan fingerprint density at radius 1 is 1.29 bits per heavy atom. The Labute approximate surface area is 89.5 Å². The normalized spacial score (nSPS) is 37.9. The van der Waals surface area contributed by atoms with Gasteiger partial charge in [-0.1, -0.05) is 27.2 Å². The van der Waals surface area contributed by atoms with Crippen LogP contribution < -0.4 is 5.73 Å². The van der Waals surface area contributed by atoms with E-state index in [1.54, 1.807) is 0 Å². The molecule has 0 aromatic rings. The van der Waals surface area contributed by atoms with Crippen LogP contribution in [0.15, 0.2) is 0 Å². The van der Waals surface area contributed by atoms with Crippen LogP contribution in [0.25, 0.3) is 0 Å². The Balaban J connectivity index is 2.45. The first kappa shape index (κ1) is 12.0. The largest absolute Gasteiger partial charge is 0.325 e. The molecule has 2 N–H and O–H groups in total. The van der Waals surface area contributed by atoms with Gasteiger partial charge in [-0.25, -0.2) is 0 Å². The van der Waals surface area contributed by atoms with E-state index in [2.05, 4.69) is 27.7 Å². The van der Waals surface area contributed by atoms with Gasteiger partial charge in [-0.05, 0) is 50.4 Å². The first-order valence-electron chi connectivity index (χ1n) is 6.23. The second-order valence-electron chi connectivity index (χ2n) is 5.87. The molecule has 4 unspecified atom stereocenters. The zero-order valence-corrected chi connectivity index (χ0v) is 10.3. The number of hydrogen-bond acceptors (Lipinski definition) is 1. The van der Waals surface area contributed by atoms with Gasteiger partial charge < -0.3 is 5.73 Å². The van der Waals surface area contributed by atoms with Crippen molar-refractivity contribution in [2.24, 2.45) is 23.5 Å². The van der Waals surface area contributed by atoms with Crippen LogP contribution in [-0.4, -0.2) is 5.54 Å². The molecule has 0 aromatic heterocycles. The number of rotatable bonds is 3. The Kier molecular flexibility index (Phi) is 4.00. The van der Waals surface area contributed by atoms with E-state index in [1.165, 1.54) is 25.7 Å². The minimum absolute atomic E-state index is 0.0690. The van der Waals surface area contributed by atoms with Gasteiger partial charge in [-0.15, -0.1) is 0 Å². The third kappa shape index (κ3) is 3.27. The molecule has 1 fully saturated rings. The van der Waals surface area contributed by atoms with E-state index in [1.807, 2.05) is 0 Å². The minimum Gasteiger partial charge on any atom is -0.325 e. The maximum atomic E-state index is 6.24. The van der Waals surface area contributed by atoms with Crippen LogP contribution >= 0.6 is 0 Å². The van der Waals surface area contributed by atoms with Crippen molar-refractivity contribution in [3.8, 4) is 0 Å². The van der Waals surface area contributed by atoms with Crippen LogP contribution in [0.1, 0.15) is 59.8 Å². The second-order valence-corrected chi connectivity index (χ2v) is 5.87. The fourth-order valence-electron chi connectivity index (χ4n) is 2.77. The molecule has 0 saturated heterocycles. The van der Waals surface area contributed by atoms with Gasteiger partial charge in [-0.3, -0.25) is 0 Å². The Morgan fingerprint density at radius 3 is 2.43 bits per heavy atom. The molecule has 0 bridgehead atoms. The molecule has 84 valence electrons. The summed E-state index contributed by atoms with van der Waals surface area (Å²) in [7, 11) is 0. The fraction of sp³-hybridized carbons (Fsp3) is 1.00. The molecule has 1 rings (SSSR count). The van der Waals surface area contributed by atoms with Gasteiger partial charge in [-0.2, -0.15) is 0 Å². The molecule has 1 aliphatic rings. The highest BCUT2D eigenvalue weighted by Gasteiger charge is 2.29. The summed E-state index contributed by atoms with van der Waals surface area (Å²) in [4.78, 5) is 0. The second kappa shape index (κ2) is 4.65. The Bertz CT molecular complexity index is 174. The van der Waals surface area contributed by atoms with Crippen LogP contribution in [0, 0.1) is 17.8 Å². The van der Waals surface area contributed by atoms with Crippen molar-refractivity contribution in [2.75, 3.05) is 0 Å². The summed E-state index contributed by atoms with van der Waals surface area (Å²) in [6, 6.07) is 0. The van der Waals surface area contributed by atoms with Gasteiger partial charge in [0.15, 0.2) is 0 Å². The lowest BCUT2D eigenvalue weighted by atomic mass is 9.71. The van der Waals surface area contributed by atoms with Gasteiger partial charge in [0.2, 0.25) is 0 Å². The molecule has 1 saturated carbocycles. The van der Waals surface area contributed by atoms with Crippen LogP contribution in [0.5, 0.6) is 0 Å². The molecule has 4 atom stereocenters. The molecule has 1 nitrogen and oxygen atoms in total. The highest BCUT2D eigenvalue weighted by atomic mass is 14.7. The van der Waals surface area contributed by atoms with Crippen molar-refractivity contribution in [3.63, 3.8) is 0 Å². The fourth-order valence-corrected chi connectivity index (χ4v) is 2.77. The van der Waals surface area contributed by atoms with Crippen molar-refractivity contribution < 1.29 is 0 Å². The summed E-state index contributed by atoms with van der Waals surface area (Å²) in [6.07, 6.45) is 6.54. The maximum Gasteiger partial charge on any atom is 0.0126 e. The summed E-state index contributed by atoms with van der Waals surface area (Å²) in [5.74, 6) is 2.70. The Hall–Kier alpha value is -0.0400. The molecule has 0 radical (unpaired) electrons. The van der Waals surface area contributed by atoms with Gasteiger partial charge in [0.25, 0.3) is 0 Å². The quantitative estimate of drug-likeness (QED) is 0.735. The summed E-state index contributed by atoms with van der Waals surface area (Å²) in [6.45, 7) is 9.20. The zero-order valence-electron chi connectivity index (χ0n) is 10.3. The van der Waals surface area contributed by atoms with Crippen LogP contribution in [-0.2, 0) is 0 Å². The van der Waals surface area contributed by atoms with Crippen molar-refractivity contribution >= 4 is 0 Å². The smallest absolute Gasteiger partial charge is 0.0126 e. The first-order valence-corrected chi connectivity index (χ1v) is 6.23. The van der Waals surface area contributed by atoms with Gasteiger partial charge in [0, 0.05) is 5.54 Å². The average molecular weight is 197 g/mol. The Morgan fingerprint density at radius 2 is 1.93 bits per heavy atom. The first-order chi connectivity index (χ1) is 6.44. The molecular formula is C13H27N. The standard InChI is InChI=1S/C13H27N/c1-5-13(4,14)9-12-7-6-10(2)8-11(12)3/h10-12H,5-9,14H2,1-4H3. The number of hydrogen-bond donors (Lipinski definition) is 1. The van der Waals surface area contributed by atoms with Crippen molar-refractivity contribution in [1.29, 1.82) is 0 Å². The molecule has 0 aromatic carbocycles. The summed E-state index contributed by atoms with van der Waals surface area (Å²) in [5.41, 5.74) is 6.31. The van der Waals surface area contributed by atoms with E-state index in [0.717, 1.165) is 24.2 Å². The average Bonchev–Trinajstić information content (AvgIpc) is 2.10. The molecule has 0 amide bonds. The molecule has 14 heavy (non-hydrogen) atoms. The highest BCUT2D eigenvalue weighted by Crippen LogP contribution is 2.37. The van der Waals surface area contributed by atoms with Gasteiger partial charge in [0.05, 0.1) is 0 Å². The maximum absolute atomic E-state index is 6.24. The van der Waals surface area contributed by atoms with E-state index in [0.29, 0.717) is 0 Å². The van der Waals surface area contributed by atoms with E-state index >= 15 is 0 Å². The lowest BCUT2D eigenvalue weighted by molar-refractivity contribution is 0.163. The topological polar surface area (TPSA) is 26.0 Å². The zero-order chi connectivity index (χ0) is 10.8. The molecule has 0 aliphatic heterocycles. The van der Waals surface area contributed by atoms with Crippen molar-refractivity contribution in [3.05, 3.63) is 0 Å². The molecule has 0 heterocycles. The van der Waals surface area contributed by atoms with Crippen LogP contribution in [0.3, 0.4) is 0 Å². The number of nitrogens with two attached hydrogens (primary N) is 1. The van der Waals surface area contributed by atoms with E-state index in [-0.39, 0.29) is 5.54 Å². The lowest BCUT2D eigenvalue weighted by Gasteiger charge is -2.37. The molecular weight excluding hydrogens is 170 g/mol. The summed E-state index contributed by atoms with van der Waals surface area (Å²) in [5, 5.41) is 0. The SMILES string of the molecule is CCC(C)(N)CC1CCC(C)CC1C. The summed E-state index contributed by atoms with van der Waals surface area (Å²) < 4.78 is 0. The monoisotopic (exact) mass is 197 g/mol. The predicted molar refractivity (Wildman–Crippen MR) is 63.2 cm³/mol. The lowest BCUT2D eigenvalue weighted by Crippen LogP contribution is -2.39. The van der Waals surface area contributed by atoms with Gasteiger partial charge >= 0.3 is 0 Å². The van der Waals surface area contributed by atoms with Crippen LogP contribution in [0.4, 0.5) is 0 Å². The molecule has 1 aliphatic carbocycles. The minimum atomic E-state index is 0.0690. The predicted octanol–water partition coefficient (Wildman–Crippen LogP) is 3.58. The third-order valence-corrected chi connectivity index (χ3v) is 4.15. The van der Waals surface area contributed by atoms with E-state index in [4.69, 9.17) is 5.73 Å². The van der Waals surface area contributed by atoms with E-state index in [9.17, 15) is 0 Å². The van der Waals surface area contributed by atoms with E-state index < -0.39 is 0 Å². The molecule has 0 spiro atoms. The van der Waals surface area contributed by atoms with Gasteiger partial charge in [0.1, 0.15) is 0 Å². The van der Waals surface area contributed by atoms with Crippen molar-refractivity contribution in [1.82, 2.24) is 0 Å². The molecule has 1 heteroatoms. The third-order valence-electron chi connectivity index (χ3n) is 4.15. The summed E-state index contributed by atoms with van der Waals surface area (Å²) >= 11 is 0. The highest BCUT2D eigenvalue weighted by molar-refractivity contribution is 4.85.